The highest BCUT2D eigenvalue weighted by atomic mass is 16.6. The zero-order valence-electron chi connectivity index (χ0n) is 12.7. The lowest BCUT2D eigenvalue weighted by Gasteiger charge is -2.28. The quantitative estimate of drug-likeness (QED) is 0.674. The van der Waals surface area contributed by atoms with Gasteiger partial charge in [0, 0.05) is 12.1 Å². The van der Waals surface area contributed by atoms with Gasteiger partial charge in [0.25, 0.3) is 0 Å². The van der Waals surface area contributed by atoms with E-state index < -0.39 is 0 Å². The molecule has 2 rings (SSSR count). The molecule has 0 bridgehead atoms. The number of nitro groups is 1. The van der Waals surface area contributed by atoms with Gasteiger partial charge in [0.05, 0.1) is 4.92 Å². The van der Waals surface area contributed by atoms with E-state index >= 15 is 0 Å². The summed E-state index contributed by atoms with van der Waals surface area (Å²) < 4.78 is 1.74. The van der Waals surface area contributed by atoms with Crippen LogP contribution >= 0.6 is 0 Å². The zero-order valence-corrected chi connectivity index (χ0v) is 12.7. The smallest absolute Gasteiger partial charge is 0.333 e. The van der Waals surface area contributed by atoms with E-state index in [2.05, 4.69) is 17.3 Å². The van der Waals surface area contributed by atoms with E-state index in [1.54, 1.807) is 11.6 Å². The minimum Gasteiger partial charge on any atom is -0.362 e. The van der Waals surface area contributed by atoms with E-state index in [4.69, 9.17) is 0 Å². The van der Waals surface area contributed by atoms with E-state index in [1.165, 1.54) is 12.8 Å². The van der Waals surface area contributed by atoms with Gasteiger partial charge in [-0.1, -0.05) is 19.8 Å². The van der Waals surface area contributed by atoms with Crippen LogP contribution in [0.1, 0.15) is 58.2 Å². The maximum absolute atomic E-state index is 11.3. The highest BCUT2D eigenvalue weighted by molar-refractivity contribution is 5.60. The van der Waals surface area contributed by atoms with Crippen molar-refractivity contribution in [2.75, 3.05) is 5.32 Å². The molecule has 1 aliphatic carbocycles. The van der Waals surface area contributed by atoms with Gasteiger partial charge in [-0.2, -0.15) is 5.10 Å². The molecule has 1 aromatic rings. The Balaban J connectivity index is 2.30. The van der Waals surface area contributed by atoms with Gasteiger partial charge in [-0.3, -0.25) is 10.1 Å². The van der Waals surface area contributed by atoms with Crippen molar-refractivity contribution in [1.82, 2.24) is 9.78 Å². The molecule has 1 aliphatic rings. The Hall–Kier alpha value is -1.59. The highest BCUT2D eigenvalue weighted by Gasteiger charge is 2.29. The molecule has 1 fully saturated rings. The molecule has 0 amide bonds. The SMILES string of the molecule is Cc1nn(C(C)C)c(NC2CCCC(C)C2)c1[N+](=O)[O-]. The minimum absolute atomic E-state index is 0.103. The summed E-state index contributed by atoms with van der Waals surface area (Å²) in [6, 6.07) is 0.414. The standard InChI is InChI=1S/C14H24N4O2/c1-9(2)17-14(13(18(19)20)11(4)16-17)15-12-7-5-6-10(3)8-12/h9-10,12,15H,5-8H2,1-4H3. The van der Waals surface area contributed by atoms with Gasteiger partial charge in [-0.15, -0.1) is 0 Å². The minimum atomic E-state index is -0.324. The Labute approximate surface area is 119 Å². The molecule has 0 saturated heterocycles. The summed E-state index contributed by atoms with van der Waals surface area (Å²) in [7, 11) is 0. The van der Waals surface area contributed by atoms with Crippen molar-refractivity contribution in [2.24, 2.45) is 5.92 Å². The average Bonchev–Trinajstić information content (AvgIpc) is 2.66. The zero-order chi connectivity index (χ0) is 14.9. The molecule has 0 spiro atoms. The molecule has 1 heterocycles. The van der Waals surface area contributed by atoms with Crippen LogP contribution in [0.5, 0.6) is 0 Å². The molecular formula is C14H24N4O2. The first kappa shape index (κ1) is 14.8. The van der Waals surface area contributed by atoms with Crippen LogP contribution in [0.2, 0.25) is 0 Å². The Kier molecular flexibility index (Phi) is 4.30. The van der Waals surface area contributed by atoms with Gasteiger partial charge in [-0.25, -0.2) is 4.68 Å². The summed E-state index contributed by atoms with van der Waals surface area (Å²) in [5.74, 6) is 1.25. The molecule has 6 heteroatoms. The van der Waals surface area contributed by atoms with Crippen molar-refractivity contribution in [3.05, 3.63) is 15.8 Å². The molecule has 0 radical (unpaired) electrons. The first-order valence-electron chi connectivity index (χ1n) is 7.40. The topological polar surface area (TPSA) is 73.0 Å². The van der Waals surface area contributed by atoms with E-state index in [0.717, 1.165) is 12.8 Å². The van der Waals surface area contributed by atoms with Crippen LogP contribution < -0.4 is 5.32 Å². The summed E-state index contributed by atoms with van der Waals surface area (Å²) >= 11 is 0. The predicted molar refractivity (Wildman–Crippen MR) is 79.0 cm³/mol. The van der Waals surface area contributed by atoms with Crippen LogP contribution in [0.25, 0.3) is 0 Å². The van der Waals surface area contributed by atoms with Crippen LogP contribution in [-0.2, 0) is 0 Å². The fourth-order valence-corrected chi connectivity index (χ4v) is 3.02. The van der Waals surface area contributed by atoms with Crippen molar-refractivity contribution >= 4 is 11.5 Å². The molecule has 0 aliphatic heterocycles. The first-order chi connectivity index (χ1) is 9.40. The Morgan fingerprint density at radius 2 is 2.15 bits per heavy atom. The Bertz CT molecular complexity index is 496. The van der Waals surface area contributed by atoms with Crippen LogP contribution in [-0.4, -0.2) is 20.7 Å². The van der Waals surface area contributed by atoms with Crippen molar-refractivity contribution in [1.29, 1.82) is 0 Å². The number of aromatic nitrogens is 2. The number of nitrogens with one attached hydrogen (secondary N) is 1. The maximum atomic E-state index is 11.3. The van der Waals surface area contributed by atoms with Gasteiger partial charge in [-0.05, 0) is 39.5 Å². The lowest BCUT2D eigenvalue weighted by atomic mass is 9.87. The first-order valence-corrected chi connectivity index (χ1v) is 7.40. The Morgan fingerprint density at radius 1 is 1.45 bits per heavy atom. The molecule has 2 unspecified atom stereocenters. The van der Waals surface area contributed by atoms with E-state index in [-0.39, 0.29) is 16.7 Å². The average molecular weight is 280 g/mol. The van der Waals surface area contributed by atoms with Gasteiger partial charge in [0.15, 0.2) is 0 Å². The molecular weight excluding hydrogens is 256 g/mol. The van der Waals surface area contributed by atoms with E-state index in [9.17, 15) is 10.1 Å². The fourth-order valence-electron chi connectivity index (χ4n) is 3.02. The molecule has 1 saturated carbocycles. The highest BCUT2D eigenvalue weighted by Crippen LogP contribution is 2.34. The largest absolute Gasteiger partial charge is 0.362 e. The van der Waals surface area contributed by atoms with Gasteiger partial charge in [0.1, 0.15) is 5.69 Å². The molecule has 20 heavy (non-hydrogen) atoms. The van der Waals surface area contributed by atoms with Gasteiger partial charge in [0.2, 0.25) is 5.82 Å². The second-order valence-corrected chi connectivity index (χ2v) is 6.19. The van der Waals surface area contributed by atoms with Crippen LogP contribution in [0.4, 0.5) is 11.5 Å². The van der Waals surface area contributed by atoms with Crippen molar-refractivity contribution in [3.8, 4) is 0 Å². The third-order valence-corrected chi connectivity index (χ3v) is 4.00. The van der Waals surface area contributed by atoms with Crippen molar-refractivity contribution in [3.63, 3.8) is 0 Å². The molecule has 6 nitrogen and oxygen atoms in total. The molecule has 112 valence electrons. The third-order valence-electron chi connectivity index (χ3n) is 4.00. The fraction of sp³-hybridized carbons (Fsp3) is 0.786. The number of rotatable bonds is 4. The number of hydrogen-bond donors (Lipinski definition) is 1. The van der Waals surface area contributed by atoms with Gasteiger partial charge < -0.3 is 5.32 Å². The maximum Gasteiger partial charge on any atom is 0.333 e. The predicted octanol–water partition coefficient (Wildman–Crippen LogP) is 3.67. The Morgan fingerprint density at radius 3 is 2.70 bits per heavy atom. The number of anilines is 1. The second kappa shape index (κ2) is 5.81. The number of nitrogens with zero attached hydrogens (tertiary/aromatic N) is 3. The summed E-state index contributed by atoms with van der Waals surface area (Å²) in [6.07, 6.45) is 4.58. The number of aryl methyl sites for hydroxylation is 1. The van der Waals surface area contributed by atoms with Crippen LogP contribution in [0, 0.1) is 23.0 Å². The molecule has 0 aromatic carbocycles. The normalized spacial score (nSPS) is 23.1. The summed E-state index contributed by atoms with van der Waals surface area (Å²) in [5.41, 5.74) is 0.604. The third kappa shape index (κ3) is 2.94. The second-order valence-electron chi connectivity index (χ2n) is 6.19. The van der Waals surface area contributed by atoms with Crippen LogP contribution in [0.15, 0.2) is 0 Å². The van der Waals surface area contributed by atoms with Crippen LogP contribution in [0.3, 0.4) is 0 Å². The van der Waals surface area contributed by atoms with E-state index in [0.29, 0.717) is 23.5 Å². The van der Waals surface area contributed by atoms with Crippen molar-refractivity contribution < 1.29 is 4.92 Å². The lowest BCUT2D eigenvalue weighted by molar-refractivity contribution is -0.384. The molecule has 2 atom stereocenters. The molecule has 1 aromatic heterocycles. The van der Waals surface area contributed by atoms with Gasteiger partial charge >= 0.3 is 5.69 Å². The van der Waals surface area contributed by atoms with Crippen molar-refractivity contribution in [2.45, 2.75) is 65.5 Å². The lowest BCUT2D eigenvalue weighted by Crippen LogP contribution is -2.28. The summed E-state index contributed by atoms with van der Waals surface area (Å²) in [5, 5.41) is 19.0. The summed E-state index contributed by atoms with van der Waals surface area (Å²) in [6.45, 7) is 7.93. The summed E-state index contributed by atoms with van der Waals surface area (Å²) in [4.78, 5) is 11.0. The number of hydrogen-bond acceptors (Lipinski definition) is 4. The monoisotopic (exact) mass is 280 g/mol. The van der Waals surface area contributed by atoms with E-state index in [1.807, 2.05) is 13.8 Å². The molecule has 1 N–H and O–H groups in total.